The van der Waals surface area contributed by atoms with E-state index in [0.29, 0.717) is 6.04 Å². The van der Waals surface area contributed by atoms with Crippen LogP contribution in [0.1, 0.15) is 37.5 Å². The number of imidazole rings is 1. The van der Waals surface area contributed by atoms with E-state index >= 15 is 0 Å². The summed E-state index contributed by atoms with van der Waals surface area (Å²) in [6.45, 7) is 1.22. The predicted octanol–water partition coefficient (Wildman–Crippen LogP) is 3.41. The Kier molecular flexibility index (Phi) is 2.31. The summed E-state index contributed by atoms with van der Waals surface area (Å²) in [4.78, 5) is 7.61. The number of nitrogens with zero attached hydrogens (tertiary/aromatic N) is 3. The van der Waals surface area contributed by atoms with E-state index in [-0.39, 0.29) is 0 Å². The molecule has 2 atom stereocenters. The summed E-state index contributed by atoms with van der Waals surface area (Å²) in [6.07, 6.45) is 6.64. The SMILES string of the molecule is Clc1ccc2c(c1)nc1n2C2CC(C1)N(C1CCC1)C2. The van der Waals surface area contributed by atoms with Crippen LogP contribution in [-0.4, -0.2) is 33.1 Å². The summed E-state index contributed by atoms with van der Waals surface area (Å²) < 4.78 is 2.49. The molecule has 3 nitrogen and oxygen atoms in total. The largest absolute Gasteiger partial charge is 0.323 e. The molecule has 2 aliphatic heterocycles. The second-order valence-electron chi connectivity index (χ2n) is 6.56. The number of hydrogen-bond donors (Lipinski definition) is 0. The first-order chi connectivity index (χ1) is 9.79. The number of aromatic nitrogens is 2. The van der Waals surface area contributed by atoms with Gasteiger partial charge in [-0.15, -0.1) is 0 Å². The summed E-state index contributed by atoms with van der Waals surface area (Å²) in [5, 5.41) is 0.786. The molecule has 1 saturated carbocycles. The van der Waals surface area contributed by atoms with Gasteiger partial charge in [0, 0.05) is 36.1 Å². The molecule has 20 heavy (non-hydrogen) atoms. The number of likely N-dealkylation sites (tertiary alicyclic amines) is 1. The summed E-state index contributed by atoms with van der Waals surface area (Å²) in [7, 11) is 0. The van der Waals surface area contributed by atoms with Crippen LogP contribution in [0.3, 0.4) is 0 Å². The minimum atomic E-state index is 0.621. The third-order valence-electron chi connectivity index (χ3n) is 5.49. The summed E-state index contributed by atoms with van der Waals surface area (Å²) >= 11 is 6.09. The highest BCUT2D eigenvalue weighted by Crippen LogP contribution is 2.42. The second kappa shape index (κ2) is 3.99. The van der Waals surface area contributed by atoms with Gasteiger partial charge in [-0.1, -0.05) is 18.0 Å². The third-order valence-corrected chi connectivity index (χ3v) is 5.72. The normalized spacial score (nSPS) is 29.6. The average molecular weight is 288 g/mol. The molecule has 0 N–H and O–H groups in total. The number of hydrogen-bond acceptors (Lipinski definition) is 2. The van der Waals surface area contributed by atoms with E-state index in [1.165, 1.54) is 43.6 Å². The predicted molar refractivity (Wildman–Crippen MR) is 80.2 cm³/mol. The maximum atomic E-state index is 6.09. The fourth-order valence-corrected chi connectivity index (χ4v) is 4.52. The van der Waals surface area contributed by atoms with Crippen molar-refractivity contribution in [2.24, 2.45) is 0 Å². The molecule has 4 heteroatoms. The van der Waals surface area contributed by atoms with Crippen molar-refractivity contribution in [3.05, 3.63) is 29.0 Å². The molecule has 2 fully saturated rings. The molecule has 1 aromatic carbocycles. The van der Waals surface area contributed by atoms with Gasteiger partial charge in [0.1, 0.15) is 5.82 Å². The Morgan fingerprint density at radius 3 is 2.85 bits per heavy atom. The monoisotopic (exact) mass is 287 g/mol. The van der Waals surface area contributed by atoms with Gasteiger partial charge in [-0.3, -0.25) is 4.90 Å². The lowest BCUT2D eigenvalue weighted by Crippen LogP contribution is -2.43. The van der Waals surface area contributed by atoms with Gasteiger partial charge >= 0.3 is 0 Å². The lowest BCUT2D eigenvalue weighted by Gasteiger charge is -2.38. The van der Waals surface area contributed by atoms with E-state index in [9.17, 15) is 0 Å². The summed E-state index contributed by atoms with van der Waals surface area (Å²) in [5.41, 5.74) is 2.33. The zero-order chi connectivity index (χ0) is 13.3. The maximum absolute atomic E-state index is 6.09. The van der Waals surface area contributed by atoms with Crippen LogP contribution in [0.25, 0.3) is 11.0 Å². The highest BCUT2D eigenvalue weighted by molar-refractivity contribution is 6.31. The molecule has 0 spiro atoms. The number of benzene rings is 1. The Bertz CT molecular complexity index is 688. The molecular formula is C16H18ClN3. The summed E-state index contributed by atoms with van der Waals surface area (Å²) in [6, 6.07) is 8.33. The van der Waals surface area contributed by atoms with Crippen molar-refractivity contribution in [3.8, 4) is 0 Å². The smallest absolute Gasteiger partial charge is 0.111 e. The van der Waals surface area contributed by atoms with Gasteiger partial charge in [-0.25, -0.2) is 4.98 Å². The van der Waals surface area contributed by atoms with Crippen molar-refractivity contribution in [2.75, 3.05) is 6.54 Å². The second-order valence-corrected chi connectivity index (χ2v) is 7.00. The van der Waals surface area contributed by atoms with Crippen molar-refractivity contribution >= 4 is 22.6 Å². The van der Waals surface area contributed by atoms with Gasteiger partial charge in [0.2, 0.25) is 0 Å². The zero-order valence-electron chi connectivity index (χ0n) is 11.4. The average Bonchev–Trinajstić information content (AvgIpc) is 2.87. The van der Waals surface area contributed by atoms with Gasteiger partial charge in [-0.2, -0.15) is 0 Å². The molecule has 0 radical (unpaired) electrons. The Morgan fingerprint density at radius 2 is 2.05 bits per heavy atom. The first-order valence-electron chi connectivity index (χ1n) is 7.72. The fourth-order valence-electron chi connectivity index (χ4n) is 4.35. The molecule has 104 valence electrons. The Morgan fingerprint density at radius 1 is 1.15 bits per heavy atom. The minimum absolute atomic E-state index is 0.621. The van der Waals surface area contributed by atoms with Crippen LogP contribution in [0.2, 0.25) is 5.02 Å². The quantitative estimate of drug-likeness (QED) is 0.801. The number of fused-ring (bicyclic) bond motifs is 6. The van der Waals surface area contributed by atoms with Gasteiger partial charge in [0.25, 0.3) is 0 Å². The molecule has 0 amide bonds. The van der Waals surface area contributed by atoms with Crippen molar-refractivity contribution in [3.63, 3.8) is 0 Å². The molecule has 1 aliphatic carbocycles. The van der Waals surface area contributed by atoms with Crippen molar-refractivity contribution in [1.82, 2.24) is 14.5 Å². The zero-order valence-corrected chi connectivity index (χ0v) is 12.2. The third kappa shape index (κ3) is 1.48. The lowest BCUT2D eigenvalue weighted by molar-refractivity contribution is 0.114. The van der Waals surface area contributed by atoms with Crippen LogP contribution in [0.4, 0.5) is 0 Å². The van der Waals surface area contributed by atoms with Crippen LogP contribution < -0.4 is 0 Å². The Labute approximate surface area is 123 Å². The highest BCUT2D eigenvalue weighted by Gasteiger charge is 2.43. The maximum Gasteiger partial charge on any atom is 0.111 e. The van der Waals surface area contributed by atoms with Gasteiger partial charge in [0.15, 0.2) is 0 Å². The van der Waals surface area contributed by atoms with Gasteiger partial charge < -0.3 is 4.57 Å². The molecular weight excluding hydrogens is 270 g/mol. The van der Waals surface area contributed by atoms with E-state index in [4.69, 9.17) is 16.6 Å². The van der Waals surface area contributed by atoms with E-state index < -0.39 is 0 Å². The molecule has 5 rings (SSSR count). The van der Waals surface area contributed by atoms with E-state index in [1.807, 2.05) is 12.1 Å². The molecule has 1 saturated heterocycles. The van der Waals surface area contributed by atoms with Crippen LogP contribution in [-0.2, 0) is 6.42 Å². The minimum Gasteiger partial charge on any atom is -0.323 e. The highest BCUT2D eigenvalue weighted by atomic mass is 35.5. The van der Waals surface area contributed by atoms with Crippen LogP contribution in [0.5, 0.6) is 0 Å². The first kappa shape index (κ1) is 11.6. The molecule has 2 aromatic rings. The Balaban J connectivity index is 1.58. The first-order valence-corrected chi connectivity index (χ1v) is 8.09. The standard InChI is InChI=1S/C16H18ClN3/c17-10-4-5-15-14(6-10)18-16-8-12-7-13(20(15)16)9-19(12)11-2-1-3-11/h4-6,11-13H,1-3,7-9H2. The van der Waals surface area contributed by atoms with Crippen molar-refractivity contribution in [2.45, 2.75) is 50.2 Å². The molecule has 2 unspecified atom stereocenters. The van der Waals surface area contributed by atoms with Crippen LogP contribution in [0, 0.1) is 0 Å². The number of rotatable bonds is 1. The topological polar surface area (TPSA) is 21.1 Å². The van der Waals surface area contributed by atoms with Gasteiger partial charge in [-0.05, 0) is 37.5 Å². The van der Waals surface area contributed by atoms with Gasteiger partial charge in [0.05, 0.1) is 11.0 Å². The van der Waals surface area contributed by atoms with Crippen LogP contribution in [0.15, 0.2) is 18.2 Å². The van der Waals surface area contributed by atoms with E-state index in [0.717, 1.165) is 29.0 Å². The fraction of sp³-hybridized carbons (Fsp3) is 0.562. The molecule has 1 aromatic heterocycles. The van der Waals surface area contributed by atoms with Crippen molar-refractivity contribution < 1.29 is 0 Å². The van der Waals surface area contributed by atoms with Crippen LogP contribution >= 0.6 is 11.6 Å². The van der Waals surface area contributed by atoms with E-state index in [2.05, 4.69) is 15.5 Å². The Hall–Kier alpha value is -1.06. The number of halogens is 1. The molecule has 3 aliphatic rings. The van der Waals surface area contributed by atoms with Crippen molar-refractivity contribution in [1.29, 1.82) is 0 Å². The lowest BCUT2D eigenvalue weighted by atomic mass is 9.90. The van der Waals surface area contributed by atoms with E-state index in [1.54, 1.807) is 0 Å². The molecule has 3 heterocycles. The molecule has 2 bridgehead atoms. The summed E-state index contributed by atoms with van der Waals surface area (Å²) in [5.74, 6) is 1.27.